The molecular formula is C20H19F3N2O5S. The Morgan fingerprint density at radius 2 is 1.90 bits per heavy atom. The van der Waals surface area contributed by atoms with E-state index in [0.717, 1.165) is 15.9 Å². The fraction of sp³-hybridized carbons (Fsp3) is 0.350. The largest absolute Gasteiger partial charge is 0.486 e. The van der Waals surface area contributed by atoms with Crippen molar-refractivity contribution in [2.24, 2.45) is 0 Å². The van der Waals surface area contributed by atoms with Gasteiger partial charge in [-0.25, -0.2) is 13.3 Å². The molecule has 2 N–H and O–H groups in total. The van der Waals surface area contributed by atoms with Crippen molar-refractivity contribution in [2.75, 3.05) is 19.7 Å². The molecule has 0 saturated carbocycles. The lowest BCUT2D eigenvalue weighted by Crippen LogP contribution is -2.48. The van der Waals surface area contributed by atoms with Gasteiger partial charge in [-0.1, -0.05) is 29.8 Å². The zero-order valence-corrected chi connectivity index (χ0v) is 17.1. The Bertz CT molecular complexity index is 1110. The highest BCUT2D eigenvalue weighted by atomic mass is 32.2. The van der Waals surface area contributed by atoms with Gasteiger partial charge in [-0.05, 0) is 25.1 Å². The first-order chi connectivity index (χ1) is 14.4. The van der Waals surface area contributed by atoms with Crippen LogP contribution in [0.2, 0.25) is 0 Å². The third-order valence-corrected chi connectivity index (χ3v) is 6.88. The average Bonchev–Trinajstić information content (AvgIpc) is 3.06. The predicted molar refractivity (Wildman–Crippen MR) is 104 cm³/mol. The zero-order chi connectivity index (χ0) is 23.0. The highest BCUT2D eigenvalue weighted by molar-refractivity contribution is 7.89. The zero-order valence-electron chi connectivity index (χ0n) is 16.3. The third-order valence-electron chi connectivity index (χ3n) is 5.02. The molecule has 0 aliphatic carbocycles. The number of ether oxygens (including phenoxy) is 1. The van der Waals surface area contributed by atoms with Crippen molar-refractivity contribution in [2.45, 2.75) is 29.7 Å². The van der Waals surface area contributed by atoms with E-state index in [1.54, 1.807) is 24.3 Å². The van der Waals surface area contributed by atoms with Crippen LogP contribution in [-0.2, 0) is 16.2 Å². The maximum atomic E-state index is 13.1. The number of benzene rings is 2. The SMILES string of the molecule is [C-]#[N+]c1cc(C(F)(F)F)ccc1S(=O)(=O)N1C[C@H](Oc2ccc(C)cc2)[C@](O)(CO)C1. The summed E-state index contributed by atoms with van der Waals surface area (Å²) >= 11 is 0. The van der Waals surface area contributed by atoms with E-state index in [1.165, 1.54) is 0 Å². The predicted octanol–water partition coefficient (Wildman–Crippen LogP) is 2.74. The molecule has 0 amide bonds. The Morgan fingerprint density at radius 1 is 1.26 bits per heavy atom. The van der Waals surface area contributed by atoms with Gasteiger partial charge in [0.05, 0.1) is 24.6 Å². The molecule has 11 heteroatoms. The molecule has 1 heterocycles. The number of aryl methyl sites for hydroxylation is 1. The van der Waals surface area contributed by atoms with Crippen LogP contribution in [0.25, 0.3) is 4.85 Å². The summed E-state index contributed by atoms with van der Waals surface area (Å²) < 4.78 is 71.4. The number of aliphatic hydroxyl groups excluding tert-OH is 1. The summed E-state index contributed by atoms with van der Waals surface area (Å²) in [6.07, 6.45) is -5.87. The first kappa shape index (κ1) is 23.0. The third kappa shape index (κ3) is 4.52. The first-order valence-corrected chi connectivity index (χ1v) is 10.5. The molecule has 0 spiro atoms. The van der Waals surface area contributed by atoms with Crippen LogP contribution in [0.3, 0.4) is 0 Å². The molecule has 1 aliphatic rings. The molecule has 2 aromatic carbocycles. The number of β-amino-alcohol motifs (C(OH)–C–C–N with tert-alkyl or cyclic N) is 1. The van der Waals surface area contributed by atoms with Crippen LogP contribution in [-0.4, -0.2) is 54.3 Å². The molecule has 2 atom stereocenters. The lowest BCUT2D eigenvalue weighted by atomic mass is 10.0. The first-order valence-electron chi connectivity index (χ1n) is 9.06. The summed E-state index contributed by atoms with van der Waals surface area (Å²) in [5.74, 6) is 0.345. The number of alkyl halides is 3. The highest BCUT2D eigenvalue weighted by Crippen LogP contribution is 2.38. The van der Waals surface area contributed by atoms with Crippen LogP contribution < -0.4 is 4.74 Å². The van der Waals surface area contributed by atoms with Crippen molar-refractivity contribution in [1.82, 2.24) is 4.31 Å². The summed E-state index contributed by atoms with van der Waals surface area (Å²) in [4.78, 5) is 2.32. The second-order valence-corrected chi connectivity index (χ2v) is 9.18. The van der Waals surface area contributed by atoms with Crippen LogP contribution in [0.15, 0.2) is 47.4 Å². The van der Waals surface area contributed by atoms with E-state index in [9.17, 15) is 31.8 Å². The van der Waals surface area contributed by atoms with Gasteiger partial charge in [0.2, 0.25) is 15.7 Å². The van der Waals surface area contributed by atoms with Crippen molar-refractivity contribution >= 4 is 15.7 Å². The maximum Gasteiger partial charge on any atom is 0.415 e. The van der Waals surface area contributed by atoms with Crippen LogP contribution in [0, 0.1) is 13.5 Å². The van der Waals surface area contributed by atoms with Crippen molar-refractivity contribution in [3.63, 3.8) is 0 Å². The molecule has 2 aromatic rings. The van der Waals surface area contributed by atoms with E-state index >= 15 is 0 Å². The van der Waals surface area contributed by atoms with E-state index in [2.05, 4.69) is 4.85 Å². The second-order valence-electron chi connectivity index (χ2n) is 7.27. The van der Waals surface area contributed by atoms with Crippen molar-refractivity contribution in [1.29, 1.82) is 0 Å². The molecule has 1 saturated heterocycles. The van der Waals surface area contributed by atoms with E-state index in [-0.39, 0.29) is 6.54 Å². The van der Waals surface area contributed by atoms with Gasteiger partial charge < -0.3 is 14.9 Å². The number of rotatable bonds is 5. The van der Waals surface area contributed by atoms with Gasteiger partial charge >= 0.3 is 6.18 Å². The van der Waals surface area contributed by atoms with Gasteiger partial charge in [0, 0.05) is 12.1 Å². The lowest BCUT2D eigenvalue weighted by molar-refractivity contribution is -0.137. The topological polar surface area (TPSA) is 91.4 Å². The Morgan fingerprint density at radius 3 is 2.45 bits per heavy atom. The van der Waals surface area contributed by atoms with Gasteiger partial charge in [0.1, 0.15) is 17.5 Å². The number of aliphatic hydroxyl groups is 2. The molecule has 0 aromatic heterocycles. The average molecular weight is 456 g/mol. The van der Waals surface area contributed by atoms with Gasteiger partial charge in [0.15, 0.2) is 0 Å². The minimum atomic E-state index is -4.74. The summed E-state index contributed by atoms with van der Waals surface area (Å²) in [7, 11) is -4.46. The van der Waals surface area contributed by atoms with Gasteiger partial charge in [-0.15, -0.1) is 0 Å². The van der Waals surface area contributed by atoms with E-state index in [1.807, 2.05) is 6.92 Å². The van der Waals surface area contributed by atoms with E-state index < -0.39 is 57.2 Å². The van der Waals surface area contributed by atoms with E-state index in [0.29, 0.717) is 17.9 Å². The van der Waals surface area contributed by atoms with Crippen molar-refractivity contribution in [3.8, 4) is 5.75 Å². The minimum absolute atomic E-state index is 0.345. The van der Waals surface area contributed by atoms with Gasteiger partial charge in [-0.2, -0.15) is 17.5 Å². The molecule has 1 fully saturated rings. The minimum Gasteiger partial charge on any atom is -0.486 e. The van der Waals surface area contributed by atoms with E-state index in [4.69, 9.17) is 11.3 Å². The number of halogens is 3. The second kappa shape index (κ2) is 8.12. The molecule has 0 radical (unpaired) electrons. The monoisotopic (exact) mass is 456 g/mol. The van der Waals surface area contributed by atoms with Crippen LogP contribution >= 0.6 is 0 Å². The summed E-state index contributed by atoms with van der Waals surface area (Å²) in [6.45, 7) is 7.24. The summed E-state index contributed by atoms with van der Waals surface area (Å²) in [6, 6.07) is 8.51. The van der Waals surface area contributed by atoms with Crippen LogP contribution in [0.5, 0.6) is 5.75 Å². The maximum absolute atomic E-state index is 13.1. The number of hydrogen-bond donors (Lipinski definition) is 2. The Hall–Kier alpha value is -2.65. The van der Waals surface area contributed by atoms with Crippen molar-refractivity contribution in [3.05, 3.63) is 65.0 Å². The molecule has 0 bridgehead atoms. The summed E-state index contributed by atoms with van der Waals surface area (Å²) in [5, 5.41) is 20.4. The van der Waals surface area contributed by atoms with Crippen molar-refractivity contribution < 1.29 is 36.5 Å². The fourth-order valence-electron chi connectivity index (χ4n) is 3.23. The highest BCUT2D eigenvalue weighted by Gasteiger charge is 2.51. The summed E-state index contributed by atoms with van der Waals surface area (Å²) in [5.41, 5.74) is -2.83. The standard InChI is InChI=1S/C20H19F3N2O5S/c1-13-3-6-15(7-4-13)30-18-10-25(11-19(18,27)12-26)31(28,29)17-8-5-14(20(21,22)23)9-16(17)24-2/h3-9,18,26-27H,10-12H2,1H3/t18-,19+/m0/s1. The molecular weight excluding hydrogens is 437 g/mol. The smallest absolute Gasteiger partial charge is 0.415 e. The normalized spacial score (nSPS) is 22.3. The molecule has 0 unspecified atom stereocenters. The number of hydrogen-bond acceptors (Lipinski definition) is 5. The van der Waals surface area contributed by atoms with Gasteiger partial charge in [0.25, 0.3) is 0 Å². The fourth-order valence-corrected chi connectivity index (χ4v) is 4.84. The number of sulfonamides is 1. The lowest BCUT2D eigenvalue weighted by Gasteiger charge is -2.27. The van der Waals surface area contributed by atoms with Gasteiger partial charge in [-0.3, -0.25) is 0 Å². The Labute approximate surface area is 177 Å². The molecule has 7 nitrogen and oxygen atoms in total. The van der Waals surface area contributed by atoms with Crippen LogP contribution in [0.4, 0.5) is 18.9 Å². The van der Waals surface area contributed by atoms with Crippen LogP contribution in [0.1, 0.15) is 11.1 Å². The quantitative estimate of drug-likeness (QED) is 0.676. The molecule has 3 rings (SSSR count). The molecule has 31 heavy (non-hydrogen) atoms. The molecule has 166 valence electrons. The molecule has 1 aliphatic heterocycles. The number of nitrogens with zero attached hydrogens (tertiary/aromatic N) is 2. The Kier molecular flexibility index (Phi) is 6.03. The Balaban J connectivity index is 1.93.